The lowest BCUT2D eigenvalue weighted by Gasteiger charge is -2.16. The molecule has 0 bridgehead atoms. The van der Waals surface area contributed by atoms with E-state index >= 15 is 0 Å². The number of carbonyl (C=O) groups is 1. The number of esters is 1. The van der Waals surface area contributed by atoms with Gasteiger partial charge in [0.05, 0.1) is 24.4 Å². The van der Waals surface area contributed by atoms with Crippen molar-refractivity contribution in [1.82, 2.24) is 15.1 Å². The fraction of sp³-hybridized carbons (Fsp3) is 0.550. The van der Waals surface area contributed by atoms with E-state index in [4.69, 9.17) is 17.0 Å². The summed E-state index contributed by atoms with van der Waals surface area (Å²) in [6.45, 7) is 6.96. The van der Waals surface area contributed by atoms with Gasteiger partial charge in [-0.25, -0.2) is 4.79 Å². The van der Waals surface area contributed by atoms with Gasteiger partial charge in [0.15, 0.2) is 5.11 Å². The Labute approximate surface area is 175 Å². The SMILES string of the molecule is CCn1cc([C@@H](C)NC(=S)Nc2sc3c(c2C(=O)OC)CCCCC3)c(C)n1. The van der Waals surface area contributed by atoms with Gasteiger partial charge in [0.25, 0.3) is 0 Å². The number of thiophene rings is 1. The molecule has 2 heterocycles. The molecule has 0 unspecified atom stereocenters. The molecule has 2 aromatic rings. The number of carbonyl (C=O) groups excluding carboxylic acids is 1. The van der Waals surface area contributed by atoms with Crippen molar-refractivity contribution in [2.45, 2.75) is 65.5 Å². The van der Waals surface area contributed by atoms with Crippen LogP contribution in [-0.2, 0) is 24.1 Å². The lowest BCUT2D eigenvalue weighted by Crippen LogP contribution is -2.31. The van der Waals surface area contributed by atoms with E-state index in [1.54, 1.807) is 11.3 Å². The minimum absolute atomic E-state index is 0.0136. The third kappa shape index (κ3) is 4.38. The Morgan fingerprint density at radius 1 is 1.39 bits per heavy atom. The van der Waals surface area contributed by atoms with Gasteiger partial charge in [-0.05, 0) is 64.2 Å². The average Bonchev–Trinajstić information content (AvgIpc) is 3.12. The summed E-state index contributed by atoms with van der Waals surface area (Å²) in [5.74, 6) is -0.294. The number of methoxy groups -OCH3 is 1. The van der Waals surface area contributed by atoms with Gasteiger partial charge in [0, 0.05) is 23.2 Å². The van der Waals surface area contributed by atoms with Crippen LogP contribution in [-0.4, -0.2) is 28.0 Å². The minimum atomic E-state index is -0.294. The molecule has 1 aliphatic carbocycles. The summed E-state index contributed by atoms with van der Waals surface area (Å²) in [4.78, 5) is 13.7. The van der Waals surface area contributed by atoms with Crippen molar-refractivity contribution in [2.75, 3.05) is 12.4 Å². The molecule has 3 rings (SSSR count). The maximum Gasteiger partial charge on any atom is 0.341 e. The van der Waals surface area contributed by atoms with Crippen LogP contribution in [0.3, 0.4) is 0 Å². The molecule has 0 aliphatic heterocycles. The van der Waals surface area contributed by atoms with Gasteiger partial charge in [-0.3, -0.25) is 4.68 Å². The van der Waals surface area contributed by atoms with Crippen LogP contribution in [0, 0.1) is 6.92 Å². The molecular formula is C20H28N4O2S2. The molecule has 1 atom stereocenters. The quantitative estimate of drug-likeness (QED) is 0.425. The normalized spacial score (nSPS) is 14.7. The maximum atomic E-state index is 12.5. The number of hydrogen-bond acceptors (Lipinski definition) is 5. The van der Waals surface area contributed by atoms with E-state index in [9.17, 15) is 4.79 Å². The van der Waals surface area contributed by atoms with E-state index < -0.39 is 0 Å². The predicted molar refractivity (Wildman–Crippen MR) is 117 cm³/mol. The number of nitrogens with one attached hydrogen (secondary N) is 2. The lowest BCUT2D eigenvalue weighted by atomic mass is 10.1. The van der Waals surface area contributed by atoms with Gasteiger partial charge < -0.3 is 15.4 Å². The number of aromatic nitrogens is 2. The van der Waals surface area contributed by atoms with Crippen LogP contribution >= 0.6 is 23.6 Å². The van der Waals surface area contributed by atoms with E-state index in [0.29, 0.717) is 10.7 Å². The van der Waals surface area contributed by atoms with Gasteiger partial charge >= 0.3 is 5.97 Å². The minimum Gasteiger partial charge on any atom is -0.465 e. The van der Waals surface area contributed by atoms with E-state index in [2.05, 4.69) is 29.6 Å². The average molecular weight is 421 g/mol. The van der Waals surface area contributed by atoms with Crippen molar-refractivity contribution < 1.29 is 9.53 Å². The highest BCUT2D eigenvalue weighted by molar-refractivity contribution is 7.80. The molecule has 1 aliphatic rings. The Morgan fingerprint density at radius 3 is 2.82 bits per heavy atom. The van der Waals surface area contributed by atoms with Gasteiger partial charge in [-0.1, -0.05) is 6.42 Å². The molecule has 0 saturated heterocycles. The molecule has 0 aromatic carbocycles. The van der Waals surface area contributed by atoms with Gasteiger partial charge in [-0.15, -0.1) is 11.3 Å². The number of ether oxygens (including phenoxy) is 1. The van der Waals surface area contributed by atoms with Gasteiger partial charge in [-0.2, -0.15) is 5.10 Å². The molecule has 2 N–H and O–H groups in total. The number of aryl methyl sites for hydroxylation is 3. The number of nitrogens with zero attached hydrogens (tertiary/aromatic N) is 2. The third-order valence-corrected chi connectivity index (χ3v) is 6.59. The zero-order chi connectivity index (χ0) is 20.3. The Kier molecular flexibility index (Phi) is 6.72. The summed E-state index contributed by atoms with van der Waals surface area (Å²) in [6, 6.07) is 0.0136. The monoisotopic (exact) mass is 420 g/mol. The first kappa shape index (κ1) is 20.8. The van der Waals surface area contributed by atoms with E-state index in [0.717, 1.165) is 54.0 Å². The highest BCUT2D eigenvalue weighted by Crippen LogP contribution is 2.38. The van der Waals surface area contributed by atoms with Gasteiger partial charge in [0.2, 0.25) is 0 Å². The van der Waals surface area contributed by atoms with Gasteiger partial charge in [0.1, 0.15) is 5.00 Å². The van der Waals surface area contributed by atoms with E-state index in [-0.39, 0.29) is 12.0 Å². The van der Waals surface area contributed by atoms with Crippen LogP contribution in [0.4, 0.5) is 5.00 Å². The topological polar surface area (TPSA) is 68.2 Å². The smallest absolute Gasteiger partial charge is 0.341 e. The molecule has 152 valence electrons. The Morgan fingerprint density at radius 2 is 2.14 bits per heavy atom. The first-order valence-electron chi connectivity index (χ1n) is 9.78. The lowest BCUT2D eigenvalue weighted by molar-refractivity contribution is 0.0601. The van der Waals surface area contributed by atoms with Crippen LogP contribution in [0.25, 0.3) is 0 Å². The summed E-state index contributed by atoms with van der Waals surface area (Å²) >= 11 is 7.17. The molecule has 28 heavy (non-hydrogen) atoms. The summed E-state index contributed by atoms with van der Waals surface area (Å²) in [6.07, 6.45) is 7.44. The summed E-state index contributed by atoms with van der Waals surface area (Å²) < 4.78 is 6.98. The molecule has 0 amide bonds. The molecule has 2 aromatic heterocycles. The largest absolute Gasteiger partial charge is 0.465 e. The molecule has 8 heteroatoms. The highest BCUT2D eigenvalue weighted by Gasteiger charge is 2.26. The Hall–Kier alpha value is -1.93. The van der Waals surface area contributed by atoms with Crippen molar-refractivity contribution in [3.05, 3.63) is 33.5 Å². The van der Waals surface area contributed by atoms with Crippen molar-refractivity contribution >= 4 is 39.6 Å². The maximum absolute atomic E-state index is 12.5. The van der Waals surface area contributed by atoms with E-state index in [1.165, 1.54) is 18.4 Å². The Bertz CT molecular complexity index is 872. The zero-order valence-corrected chi connectivity index (χ0v) is 18.6. The summed E-state index contributed by atoms with van der Waals surface area (Å²) in [7, 11) is 1.43. The molecule has 0 spiro atoms. The van der Waals surface area contributed by atoms with Crippen molar-refractivity contribution in [3.63, 3.8) is 0 Å². The standard InChI is InChI=1S/C20H28N4O2S2/c1-5-24-11-15(13(3)23-24)12(2)21-20(27)22-18-17(19(25)26-4)14-9-7-6-8-10-16(14)28-18/h11-12H,5-10H2,1-4H3,(H2,21,22,27)/t12-/m1/s1. The Balaban J connectivity index is 1.78. The number of hydrogen-bond donors (Lipinski definition) is 2. The second kappa shape index (κ2) is 9.05. The van der Waals surface area contributed by atoms with Crippen LogP contribution in [0.2, 0.25) is 0 Å². The second-order valence-electron chi connectivity index (χ2n) is 7.11. The van der Waals surface area contributed by atoms with Crippen molar-refractivity contribution in [3.8, 4) is 0 Å². The number of thiocarbonyl (C=S) groups is 1. The van der Waals surface area contributed by atoms with Crippen molar-refractivity contribution in [2.24, 2.45) is 0 Å². The summed E-state index contributed by atoms with van der Waals surface area (Å²) in [5.41, 5.74) is 3.88. The molecule has 0 radical (unpaired) electrons. The number of fused-ring (bicyclic) bond motifs is 1. The van der Waals surface area contributed by atoms with Crippen LogP contribution in [0.15, 0.2) is 6.20 Å². The fourth-order valence-corrected chi connectivity index (χ4v) is 5.31. The van der Waals surface area contributed by atoms with Crippen LogP contribution in [0.1, 0.15) is 71.2 Å². The molecule has 0 fully saturated rings. The zero-order valence-electron chi connectivity index (χ0n) is 16.9. The molecular weight excluding hydrogens is 392 g/mol. The van der Waals surface area contributed by atoms with Crippen LogP contribution < -0.4 is 10.6 Å². The first-order chi connectivity index (χ1) is 13.4. The predicted octanol–water partition coefficient (Wildman–Crippen LogP) is 4.38. The second-order valence-corrected chi connectivity index (χ2v) is 8.62. The summed E-state index contributed by atoms with van der Waals surface area (Å²) in [5, 5.41) is 12.4. The number of rotatable bonds is 5. The van der Waals surface area contributed by atoms with E-state index in [1.807, 2.05) is 17.8 Å². The fourth-order valence-electron chi connectivity index (χ4n) is 3.68. The third-order valence-electron chi connectivity index (χ3n) is 5.16. The molecule has 0 saturated carbocycles. The highest BCUT2D eigenvalue weighted by atomic mass is 32.1. The van der Waals surface area contributed by atoms with Crippen LogP contribution in [0.5, 0.6) is 0 Å². The number of anilines is 1. The molecule has 6 nitrogen and oxygen atoms in total. The first-order valence-corrected chi connectivity index (χ1v) is 11.0. The van der Waals surface area contributed by atoms with Crippen molar-refractivity contribution in [1.29, 1.82) is 0 Å².